The molecule has 1 heterocycles. The Kier molecular flexibility index (Phi) is 4.24. The SMILES string of the molecule is Cc1ccc(C(=O)NC2CCC(=O)N(C)C2)c(Br)c1. The number of benzene rings is 1. The molecule has 1 N–H and O–H groups in total. The molecule has 0 radical (unpaired) electrons. The summed E-state index contributed by atoms with van der Waals surface area (Å²) >= 11 is 3.41. The zero-order valence-electron chi connectivity index (χ0n) is 11.1. The fraction of sp³-hybridized carbons (Fsp3) is 0.429. The second-order valence-corrected chi connectivity index (χ2v) is 5.82. The van der Waals surface area contributed by atoms with Crippen molar-refractivity contribution in [3.05, 3.63) is 33.8 Å². The maximum atomic E-state index is 12.2. The molecule has 1 aromatic carbocycles. The third-order valence-corrected chi connectivity index (χ3v) is 3.99. The van der Waals surface area contributed by atoms with Crippen LogP contribution >= 0.6 is 15.9 Å². The highest BCUT2D eigenvalue weighted by molar-refractivity contribution is 9.10. The van der Waals surface area contributed by atoms with Gasteiger partial charge in [0, 0.05) is 30.5 Å². The Morgan fingerprint density at radius 1 is 1.47 bits per heavy atom. The highest BCUT2D eigenvalue weighted by Gasteiger charge is 2.24. The topological polar surface area (TPSA) is 49.4 Å². The third kappa shape index (κ3) is 3.35. The molecule has 0 aliphatic carbocycles. The normalized spacial score (nSPS) is 19.4. The van der Waals surface area contributed by atoms with E-state index in [4.69, 9.17) is 0 Å². The first kappa shape index (κ1) is 14.1. The van der Waals surface area contributed by atoms with E-state index in [1.54, 1.807) is 11.9 Å². The Morgan fingerprint density at radius 2 is 2.21 bits per heavy atom. The third-order valence-electron chi connectivity index (χ3n) is 3.33. The van der Waals surface area contributed by atoms with Crippen molar-refractivity contribution in [2.24, 2.45) is 0 Å². The maximum absolute atomic E-state index is 12.2. The Balaban J connectivity index is 2.03. The quantitative estimate of drug-likeness (QED) is 0.905. The van der Waals surface area contributed by atoms with Gasteiger partial charge >= 0.3 is 0 Å². The van der Waals surface area contributed by atoms with Crippen molar-refractivity contribution < 1.29 is 9.59 Å². The van der Waals surface area contributed by atoms with Crippen molar-refractivity contribution >= 4 is 27.7 Å². The summed E-state index contributed by atoms with van der Waals surface area (Å²) in [6.45, 7) is 2.56. The van der Waals surface area contributed by atoms with Crippen LogP contribution < -0.4 is 5.32 Å². The van der Waals surface area contributed by atoms with E-state index in [-0.39, 0.29) is 17.9 Å². The van der Waals surface area contributed by atoms with Crippen LogP contribution in [0.25, 0.3) is 0 Å². The van der Waals surface area contributed by atoms with Crippen LogP contribution in [0.3, 0.4) is 0 Å². The van der Waals surface area contributed by atoms with Gasteiger partial charge in [-0.25, -0.2) is 0 Å². The predicted octanol–water partition coefficient (Wildman–Crippen LogP) is 2.11. The van der Waals surface area contributed by atoms with Gasteiger partial charge in [0.15, 0.2) is 0 Å². The highest BCUT2D eigenvalue weighted by atomic mass is 79.9. The van der Waals surface area contributed by atoms with E-state index in [1.165, 1.54) is 0 Å². The van der Waals surface area contributed by atoms with Crippen LogP contribution in [-0.4, -0.2) is 36.3 Å². The molecule has 0 saturated carbocycles. The molecule has 5 heteroatoms. The molecule has 19 heavy (non-hydrogen) atoms. The number of likely N-dealkylation sites (tertiary alicyclic amines) is 1. The van der Waals surface area contributed by atoms with Gasteiger partial charge in [0.05, 0.1) is 5.56 Å². The summed E-state index contributed by atoms with van der Waals surface area (Å²) < 4.78 is 0.797. The first-order valence-corrected chi connectivity index (χ1v) is 7.07. The molecule has 1 aliphatic rings. The molecule has 1 saturated heterocycles. The number of carbonyl (C=O) groups is 2. The van der Waals surface area contributed by atoms with Crippen molar-refractivity contribution in [1.82, 2.24) is 10.2 Å². The van der Waals surface area contributed by atoms with Crippen molar-refractivity contribution in [3.8, 4) is 0 Å². The summed E-state index contributed by atoms with van der Waals surface area (Å²) in [6, 6.07) is 5.68. The van der Waals surface area contributed by atoms with E-state index in [0.717, 1.165) is 10.0 Å². The monoisotopic (exact) mass is 324 g/mol. The number of rotatable bonds is 2. The van der Waals surface area contributed by atoms with Crippen LogP contribution in [0, 0.1) is 6.92 Å². The molecule has 1 aliphatic heterocycles. The number of hydrogen-bond acceptors (Lipinski definition) is 2. The average molecular weight is 325 g/mol. The summed E-state index contributed by atoms with van der Waals surface area (Å²) in [5.41, 5.74) is 1.73. The molecule has 102 valence electrons. The molecule has 0 spiro atoms. The molecule has 4 nitrogen and oxygen atoms in total. The Bertz CT molecular complexity index is 516. The van der Waals surface area contributed by atoms with Crippen molar-refractivity contribution in [1.29, 1.82) is 0 Å². The number of piperidine rings is 1. The van der Waals surface area contributed by atoms with E-state index < -0.39 is 0 Å². The zero-order valence-corrected chi connectivity index (χ0v) is 12.7. The largest absolute Gasteiger partial charge is 0.347 e. The number of aryl methyl sites for hydroxylation is 1. The van der Waals surface area contributed by atoms with Gasteiger partial charge in [0.2, 0.25) is 5.91 Å². The zero-order chi connectivity index (χ0) is 14.0. The van der Waals surface area contributed by atoms with Gasteiger partial charge < -0.3 is 10.2 Å². The van der Waals surface area contributed by atoms with Crippen LogP contribution in [0.1, 0.15) is 28.8 Å². The second kappa shape index (κ2) is 5.74. The van der Waals surface area contributed by atoms with Gasteiger partial charge in [-0.1, -0.05) is 6.07 Å². The lowest BCUT2D eigenvalue weighted by Gasteiger charge is -2.30. The lowest BCUT2D eigenvalue weighted by molar-refractivity contribution is -0.132. The highest BCUT2D eigenvalue weighted by Crippen LogP contribution is 2.19. The lowest BCUT2D eigenvalue weighted by Crippen LogP contribution is -2.48. The van der Waals surface area contributed by atoms with E-state index in [9.17, 15) is 9.59 Å². The second-order valence-electron chi connectivity index (χ2n) is 4.97. The van der Waals surface area contributed by atoms with Gasteiger partial charge in [-0.15, -0.1) is 0 Å². The number of halogens is 1. The van der Waals surface area contributed by atoms with E-state index in [1.807, 2.05) is 25.1 Å². The van der Waals surface area contributed by atoms with Gasteiger partial charge in [-0.05, 0) is 47.0 Å². The molecule has 2 amide bonds. The molecule has 0 aromatic heterocycles. The molecular formula is C14H17BrN2O2. The first-order valence-electron chi connectivity index (χ1n) is 6.28. The summed E-state index contributed by atoms with van der Waals surface area (Å²) in [6.07, 6.45) is 1.20. The summed E-state index contributed by atoms with van der Waals surface area (Å²) in [7, 11) is 1.77. The Hall–Kier alpha value is -1.36. The molecule has 0 bridgehead atoms. The van der Waals surface area contributed by atoms with Crippen LogP contribution in [0.2, 0.25) is 0 Å². The number of amides is 2. The summed E-state index contributed by atoms with van der Waals surface area (Å²) in [4.78, 5) is 25.2. The Morgan fingerprint density at radius 3 is 2.84 bits per heavy atom. The lowest BCUT2D eigenvalue weighted by atomic mass is 10.0. The van der Waals surface area contributed by atoms with E-state index in [0.29, 0.717) is 24.9 Å². The van der Waals surface area contributed by atoms with Crippen molar-refractivity contribution in [3.63, 3.8) is 0 Å². The van der Waals surface area contributed by atoms with Crippen LogP contribution in [0.5, 0.6) is 0 Å². The van der Waals surface area contributed by atoms with Crippen molar-refractivity contribution in [2.75, 3.05) is 13.6 Å². The van der Waals surface area contributed by atoms with E-state index >= 15 is 0 Å². The van der Waals surface area contributed by atoms with Crippen LogP contribution in [-0.2, 0) is 4.79 Å². The van der Waals surface area contributed by atoms with Gasteiger partial charge in [-0.2, -0.15) is 0 Å². The molecule has 1 atom stereocenters. The van der Waals surface area contributed by atoms with Crippen LogP contribution in [0.4, 0.5) is 0 Å². The first-order chi connectivity index (χ1) is 8.97. The number of likely N-dealkylation sites (N-methyl/N-ethyl adjacent to an activating group) is 1. The number of carbonyl (C=O) groups excluding carboxylic acids is 2. The predicted molar refractivity (Wildman–Crippen MR) is 77.0 cm³/mol. The van der Waals surface area contributed by atoms with Gasteiger partial charge in [-0.3, -0.25) is 9.59 Å². The van der Waals surface area contributed by atoms with Gasteiger partial charge in [0.25, 0.3) is 5.91 Å². The Labute approximate surface area is 121 Å². The minimum atomic E-state index is -0.0976. The van der Waals surface area contributed by atoms with Crippen molar-refractivity contribution in [2.45, 2.75) is 25.8 Å². The minimum Gasteiger partial charge on any atom is -0.347 e. The molecular weight excluding hydrogens is 308 g/mol. The van der Waals surface area contributed by atoms with E-state index in [2.05, 4.69) is 21.2 Å². The fourth-order valence-corrected chi connectivity index (χ4v) is 2.87. The molecule has 1 fully saturated rings. The summed E-state index contributed by atoms with van der Waals surface area (Å²) in [5.74, 6) is 0.0432. The minimum absolute atomic E-state index is 0.0309. The average Bonchev–Trinajstić information content (AvgIpc) is 2.33. The molecule has 2 rings (SSSR count). The van der Waals surface area contributed by atoms with Crippen LogP contribution in [0.15, 0.2) is 22.7 Å². The number of nitrogens with zero attached hydrogens (tertiary/aromatic N) is 1. The maximum Gasteiger partial charge on any atom is 0.252 e. The molecule has 1 unspecified atom stereocenters. The summed E-state index contributed by atoms with van der Waals surface area (Å²) in [5, 5.41) is 2.98. The number of nitrogens with one attached hydrogen (secondary N) is 1. The standard InChI is InChI=1S/C14H17BrN2O2/c1-9-3-5-11(12(15)7-9)14(19)16-10-4-6-13(18)17(2)8-10/h3,5,7,10H,4,6,8H2,1-2H3,(H,16,19). The number of hydrogen-bond donors (Lipinski definition) is 1. The molecule has 1 aromatic rings. The fourth-order valence-electron chi connectivity index (χ4n) is 2.20. The van der Waals surface area contributed by atoms with Gasteiger partial charge in [0.1, 0.15) is 0 Å². The smallest absolute Gasteiger partial charge is 0.252 e.